The first-order chi connectivity index (χ1) is 10.3. The molecule has 1 atom stereocenters. The first-order valence-corrected chi connectivity index (χ1v) is 7.19. The van der Waals surface area contributed by atoms with Gasteiger partial charge in [-0.15, -0.1) is 0 Å². The van der Waals surface area contributed by atoms with E-state index in [1.807, 2.05) is 6.08 Å². The maximum Gasteiger partial charge on any atom is 0.193 e. The highest BCUT2D eigenvalue weighted by molar-refractivity contribution is 6.01. The number of rotatable bonds is 5. The molecule has 1 aromatic rings. The van der Waals surface area contributed by atoms with E-state index in [9.17, 15) is 9.90 Å². The average Bonchev–Trinajstić information content (AvgIpc) is 2.43. The molecule has 0 spiro atoms. The van der Waals surface area contributed by atoms with Crippen LogP contribution in [0.1, 0.15) is 30.6 Å². The third-order valence-corrected chi connectivity index (χ3v) is 3.41. The minimum Gasteiger partial charge on any atom is -0.493 e. The smallest absolute Gasteiger partial charge is 0.193 e. The lowest BCUT2D eigenvalue weighted by atomic mass is 9.97. The van der Waals surface area contributed by atoms with Crippen molar-refractivity contribution in [2.24, 2.45) is 17.4 Å². The number of carbonyl (C=O) groups excluding carboxylic acids is 1. The second kappa shape index (κ2) is 6.23. The van der Waals surface area contributed by atoms with Crippen LogP contribution in [-0.2, 0) is 0 Å². The molecule has 118 valence electrons. The third-order valence-electron chi connectivity index (χ3n) is 3.41. The van der Waals surface area contributed by atoms with Crippen LogP contribution in [0.2, 0.25) is 0 Å². The van der Waals surface area contributed by atoms with Gasteiger partial charge in [0, 0.05) is 22.9 Å². The summed E-state index contributed by atoms with van der Waals surface area (Å²) in [5.41, 5.74) is 12.0. The van der Waals surface area contributed by atoms with Gasteiger partial charge in [0.1, 0.15) is 11.4 Å². The Kier molecular flexibility index (Phi) is 4.56. The Balaban J connectivity index is 1.95. The van der Waals surface area contributed by atoms with Crippen molar-refractivity contribution in [3.8, 4) is 5.75 Å². The molecular weight excluding hydrogens is 280 g/mol. The standard InChI is InChI=1S/C17H22N2O3/c1-17(2,21)16(20)12-3-5-15(6-4-12)22-10-11-7-13(18)9-14(19)8-11/h3-7,9,11,21H,8,10,18-19H2,1-2H3. The van der Waals surface area contributed by atoms with E-state index in [0.717, 1.165) is 12.1 Å². The minimum absolute atomic E-state index is 0.141. The van der Waals surface area contributed by atoms with Crippen LogP contribution in [-0.4, -0.2) is 23.1 Å². The molecule has 0 fully saturated rings. The molecule has 0 saturated carbocycles. The summed E-state index contributed by atoms with van der Waals surface area (Å²) >= 11 is 0. The van der Waals surface area contributed by atoms with Crippen LogP contribution in [0.4, 0.5) is 0 Å². The van der Waals surface area contributed by atoms with Gasteiger partial charge in [-0.3, -0.25) is 4.79 Å². The van der Waals surface area contributed by atoms with E-state index in [-0.39, 0.29) is 11.7 Å². The first kappa shape index (κ1) is 16.1. The van der Waals surface area contributed by atoms with Crippen LogP contribution in [0.25, 0.3) is 0 Å². The molecule has 5 N–H and O–H groups in total. The molecule has 0 radical (unpaired) electrons. The van der Waals surface area contributed by atoms with Gasteiger partial charge in [-0.1, -0.05) is 6.08 Å². The highest BCUT2D eigenvalue weighted by atomic mass is 16.5. The van der Waals surface area contributed by atoms with Crippen molar-refractivity contribution in [1.29, 1.82) is 0 Å². The number of ketones is 1. The van der Waals surface area contributed by atoms with Gasteiger partial charge in [0.15, 0.2) is 5.78 Å². The van der Waals surface area contributed by atoms with Crippen molar-refractivity contribution >= 4 is 5.78 Å². The quantitative estimate of drug-likeness (QED) is 0.719. The predicted octanol–water partition coefficient (Wildman–Crippen LogP) is 1.72. The lowest BCUT2D eigenvalue weighted by Gasteiger charge is -2.19. The van der Waals surface area contributed by atoms with Gasteiger partial charge in [0.25, 0.3) is 0 Å². The fourth-order valence-electron chi connectivity index (χ4n) is 2.32. The molecule has 0 heterocycles. The maximum absolute atomic E-state index is 11.9. The lowest BCUT2D eigenvalue weighted by molar-refractivity contribution is 0.0488. The van der Waals surface area contributed by atoms with E-state index < -0.39 is 5.60 Å². The van der Waals surface area contributed by atoms with Crippen molar-refractivity contribution in [1.82, 2.24) is 0 Å². The Labute approximate surface area is 130 Å². The number of hydrogen-bond donors (Lipinski definition) is 3. The lowest BCUT2D eigenvalue weighted by Crippen LogP contribution is -2.30. The number of carbonyl (C=O) groups is 1. The van der Waals surface area contributed by atoms with Crippen molar-refractivity contribution in [2.75, 3.05) is 6.61 Å². The van der Waals surface area contributed by atoms with E-state index in [4.69, 9.17) is 16.2 Å². The highest BCUT2D eigenvalue weighted by Gasteiger charge is 2.25. The van der Waals surface area contributed by atoms with Gasteiger partial charge in [0.05, 0.1) is 6.61 Å². The van der Waals surface area contributed by atoms with E-state index >= 15 is 0 Å². The summed E-state index contributed by atoms with van der Waals surface area (Å²) in [6, 6.07) is 6.73. The number of nitrogens with two attached hydrogens (primary N) is 2. The van der Waals surface area contributed by atoms with Crippen LogP contribution >= 0.6 is 0 Å². The molecule has 1 unspecified atom stereocenters. The van der Waals surface area contributed by atoms with Gasteiger partial charge in [-0.2, -0.15) is 0 Å². The first-order valence-electron chi connectivity index (χ1n) is 7.19. The second-order valence-corrected chi connectivity index (χ2v) is 6.07. The van der Waals surface area contributed by atoms with E-state index in [1.54, 1.807) is 30.3 Å². The number of benzene rings is 1. The number of hydrogen-bond acceptors (Lipinski definition) is 5. The van der Waals surface area contributed by atoms with E-state index in [0.29, 0.717) is 23.6 Å². The van der Waals surface area contributed by atoms with Crippen LogP contribution in [0.15, 0.2) is 47.8 Å². The van der Waals surface area contributed by atoms with Gasteiger partial charge in [-0.05, 0) is 50.6 Å². The molecule has 22 heavy (non-hydrogen) atoms. The number of ether oxygens (including phenoxy) is 1. The molecule has 0 aliphatic heterocycles. The highest BCUT2D eigenvalue weighted by Crippen LogP contribution is 2.21. The zero-order valence-electron chi connectivity index (χ0n) is 12.9. The summed E-state index contributed by atoms with van der Waals surface area (Å²) in [6.07, 6.45) is 4.41. The zero-order valence-corrected chi connectivity index (χ0v) is 12.9. The molecule has 1 aliphatic rings. The molecular formula is C17H22N2O3. The summed E-state index contributed by atoms with van der Waals surface area (Å²) < 4.78 is 5.71. The van der Waals surface area contributed by atoms with Crippen molar-refractivity contribution in [3.63, 3.8) is 0 Å². The van der Waals surface area contributed by atoms with Crippen molar-refractivity contribution in [3.05, 3.63) is 53.4 Å². The topological polar surface area (TPSA) is 98.6 Å². The molecule has 0 amide bonds. The molecule has 1 aliphatic carbocycles. The molecule has 5 nitrogen and oxygen atoms in total. The van der Waals surface area contributed by atoms with Crippen LogP contribution in [0.3, 0.4) is 0 Å². The maximum atomic E-state index is 11.9. The molecule has 2 rings (SSSR count). The van der Waals surface area contributed by atoms with Crippen molar-refractivity contribution < 1.29 is 14.6 Å². The van der Waals surface area contributed by atoms with Gasteiger partial charge >= 0.3 is 0 Å². The Hall–Kier alpha value is -2.27. The van der Waals surface area contributed by atoms with Crippen molar-refractivity contribution in [2.45, 2.75) is 25.9 Å². The zero-order chi connectivity index (χ0) is 16.3. The monoisotopic (exact) mass is 302 g/mol. The van der Waals surface area contributed by atoms with Crippen LogP contribution in [0, 0.1) is 5.92 Å². The number of Topliss-reactive ketones (excluding diaryl/α,β-unsaturated/α-hetero) is 1. The SMILES string of the molecule is CC(C)(O)C(=O)c1ccc(OCC2C=C(N)C=C(N)C2)cc1. The Morgan fingerprint density at radius 1 is 1.32 bits per heavy atom. The molecule has 1 aromatic carbocycles. The third kappa shape index (κ3) is 4.11. The fourth-order valence-corrected chi connectivity index (χ4v) is 2.32. The summed E-state index contributed by atoms with van der Waals surface area (Å²) in [6.45, 7) is 3.41. The van der Waals surface area contributed by atoms with Gasteiger partial charge in [-0.25, -0.2) is 0 Å². The Bertz CT molecular complexity index is 610. The second-order valence-electron chi connectivity index (χ2n) is 6.07. The normalized spacial score (nSPS) is 18.4. The predicted molar refractivity (Wildman–Crippen MR) is 85.2 cm³/mol. The van der Waals surface area contributed by atoms with Crippen LogP contribution < -0.4 is 16.2 Å². The van der Waals surface area contributed by atoms with E-state index in [2.05, 4.69) is 0 Å². The molecule has 0 bridgehead atoms. The minimum atomic E-state index is -1.38. The summed E-state index contributed by atoms with van der Waals surface area (Å²) in [4.78, 5) is 11.9. The average molecular weight is 302 g/mol. The molecule has 5 heteroatoms. The molecule has 0 saturated heterocycles. The number of allylic oxidation sites excluding steroid dienone is 2. The Morgan fingerprint density at radius 2 is 1.95 bits per heavy atom. The largest absolute Gasteiger partial charge is 0.493 e. The van der Waals surface area contributed by atoms with E-state index in [1.165, 1.54) is 13.8 Å². The Morgan fingerprint density at radius 3 is 2.50 bits per heavy atom. The fraction of sp³-hybridized carbons (Fsp3) is 0.353. The summed E-state index contributed by atoms with van der Waals surface area (Å²) in [7, 11) is 0. The molecule has 0 aromatic heterocycles. The van der Waals surface area contributed by atoms with Gasteiger partial charge < -0.3 is 21.3 Å². The number of aliphatic hydroxyl groups is 1. The van der Waals surface area contributed by atoms with Crippen LogP contribution in [0.5, 0.6) is 5.75 Å². The summed E-state index contributed by atoms with van der Waals surface area (Å²) in [5.74, 6) is 0.482. The summed E-state index contributed by atoms with van der Waals surface area (Å²) in [5, 5.41) is 9.72. The van der Waals surface area contributed by atoms with Gasteiger partial charge in [0.2, 0.25) is 0 Å².